The lowest BCUT2D eigenvalue weighted by atomic mass is 10.1. The van der Waals surface area contributed by atoms with Crippen LogP contribution in [-0.4, -0.2) is 39.0 Å². The van der Waals surface area contributed by atoms with E-state index in [9.17, 15) is 4.79 Å². The number of amides is 1. The molecule has 1 amide bonds. The van der Waals surface area contributed by atoms with Crippen LogP contribution in [0.25, 0.3) is 0 Å². The third kappa shape index (κ3) is 2.86. The number of piperidine rings is 1. The fraction of sp³-hybridized carbons (Fsp3) is 0.500. The van der Waals surface area contributed by atoms with Crippen molar-refractivity contribution >= 4 is 22.4 Å². The fourth-order valence-corrected chi connectivity index (χ4v) is 2.89. The van der Waals surface area contributed by atoms with Crippen molar-refractivity contribution in [3.05, 3.63) is 23.0 Å². The van der Waals surface area contributed by atoms with Gasteiger partial charge in [0.1, 0.15) is 0 Å². The van der Waals surface area contributed by atoms with Crippen molar-refractivity contribution in [2.75, 3.05) is 18.4 Å². The standard InChI is InChI=1S/C12H16N6OS/c1-8-7-20-12(14-8)15-11(19)10-6-18(17-16-10)9-2-4-13-5-3-9/h6-7,9,13H,2-5H2,1H3,(H,14,15,19). The van der Waals surface area contributed by atoms with Crippen LogP contribution in [-0.2, 0) is 0 Å². The summed E-state index contributed by atoms with van der Waals surface area (Å²) in [5.41, 5.74) is 1.22. The monoisotopic (exact) mass is 292 g/mol. The molecule has 0 saturated carbocycles. The molecule has 2 N–H and O–H groups in total. The first-order chi connectivity index (χ1) is 9.72. The Morgan fingerprint density at radius 2 is 2.30 bits per heavy atom. The summed E-state index contributed by atoms with van der Waals surface area (Å²) in [6, 6.07) is 0.326. The minimum Gasteiger partial charge on any atom is -0.317 e. The van der Waals surface area contributed by atoms with E-state index < -0.39 is 0 Å². The van der Waals surface area contributed by atoms with Crippen LogP contribution in [0.15, 0.2) is 11.6 Å². The molecular formula is C12H16N6OS. The highest BCUT2D eigenvalue weighted by Crippen LogP contribution is 2.18. The molecule has 1 fully saturated rings. The number of hydrogen-bond acceptors (Lipinski definition) is 6. The smallest absolute Gasteiger partial charge is 0.279 e. The van der Waals surface area contributed by atoms with Gasteiger partial charge in [0.15, 0.2) is 10.8 Å². The van der Waals surface area contributed by atoms with E-state index >= 15 is 0 Å². The molecule has 1 saturated heterocycles. The van der Waals surface area contributed by atoms with Gasteiger partial charge in [-0.25, -0.2) is 9.67 Å². The van der Waals surface area contributed by atoms with Gasteiger partial charge in [-0.15, -0.1) is 16.4 Å². The highest BCUT2D eigenvalue weighted by molar-refractivity contribution is 7.13. The van der Waals surface area contributed by atoms with Crippen LogP contribution in [0.1, 0.15) is 35.1 Å². The molecule has 0 bridgehead atoms. The van der Waals surface area contributed by atoms with E-state index in [1.807, 2.05) is 12.3 Å². The molecule has 8 heteroatoms. The normalized spacial score (nSPS) is 16.2. The predicted molar refractivity (Wildman–Crippen MR) is 76.0 cm³/mol. The lowest BCUT2D eigenvalue weighted by Gasteiger charge is -2.21. The number of nitrogens with zero attached hydrogens (tertiary/aromatic N) is 4. The van der Waals surface area contributed by atoms with Gasteiger partial charge < -0.3 is 5.32 Å². The second-order valence-corrected chi connectivity index (χ2v) is 5.67. The van der Waals surface area contributed by atoms with Crippen LogP contribution < -0.4 is 10.6 Å². The molecule has 0 atom stereocenters. The maximum absolute atomic E-state index is 12.0. The molecule has 0 unspecified atom stereocenters. The maximum Gasteiger partial charge on any atom is 0.279 e. The van der Waals surface area contributed by atoms with Gasteiger partial charge in [-0.2, -0.15) is 0 Å². The van der Waals surface area contributed by atoms with Crippen LogP contribution in [0.2, 0.25) is 0 Å². The van der Waals surface area contributed by atoms with Crippen molar-refractivity contribution in [2.24, 2.45) is 0 Å². The van der Waals surface area contributed by atoms with Crippen LogP contribution in [0.5, 0.6) is 0 Å². The molecule has 0 spiro atoms. The number of hydrogen-bond donors (Lipinski definition) is 2. The highest BCUT2D eigenvalue weighted by Gasteiger charge is 2.19. The summed E-state index contributed by atoms with van der Waals surface area (Å²) in [5.74, 6) is -0.264. The minimum absolute atomic E-state index is 0.264. The topological polar surface area (TPSA) is 84.7 Å². The van der Waals surface area contributed by atoms with E-state index in [2.05, 4.69) is 25.9 Å². The fourth-order valence-electron chi connectivity index (χ4n) is 2.20. The molecule has 106 valence electrons. The second-order valence-electron chi connectivity index (χ2n) is 4.81. The molecule has 3 heterocycles. The summed E-state index contributed by atoms with van der Waals surface area (Å²) in [6.07, 6.45) is 3.73. The van der Waals surface area contributed by atoms with Gasteiger partial charge in [-0.05, 0) is 32.9 Å². The molecule has 0 radical (unpaired) electrons. The first-order valence-electron chi connectivity index (χ1n) is 6.58. The zero-order chi connectivity index (χ0) is 13.9. The van der Waals surface area contributed by atoms with Gasteiger partial charge in [0.25, 0.3) is 5.91 Å². The zero-order valence-corrected chi connectivity index (χ0v) is 12.0. The van der Waals surface area contributed by atoms with E-state index in [0.717, 1.165) is 31.6 Å². The summed E-state index contributed by atoms with van der Waals surface area (Å²) in [6.45, 7) is 3.84. The largest absolute Gasteiger partial charge is 0.317 e. The lowest BCUT2D eigenvalue weighted by molar-refractivity contribution is 0.102. The first kappa shape index (κ1) is 13.2. The van der Waals surface area contributed by atoms with Crippen molar-refractivity contribution in [3.63, 3.8) is 0 Å². The Kier molecular flexibility index (Phi) is 3.75. The molecular weight excluding hydrogens is 276 g/mol. The average Bonchev–Trinajstić information content (AvgIpc) is 3.09. The van der Waals surface area contributed by atoms with Gasteiger partial charge in [0, 0.05) is 5.38 Å². The van der Waals surface area contributed by atoms with Gasteiger partial charge in [-0.1, -0.05) is 5.21 Å². The Labute approximate surface area is 120 Å². The molecule has 2 aromatic heterocycles. The predicted octanol–water partition coefficient (Wildman–Crippen LogP) is 1.22. The quantitative estimate of drug-likeness (QED) is 0.888. The molecule has 0 aliphatic carbocycles. The Morgan fingerprint density at radius 1 is 1.50 bits per heavy atom. The van der Waals surface area contributed by atoms with Crippen molar-refractivity contribution in [1.29, 1.82) is 0 Å². The van der Waals surface area contributed by atoms with Crippen molar-refractivity contribution in [3.8, 4) is 0 Å². The molecule has 3 rings (SSSR count). The Bertz CT molecular complexity index is 601. The van der Waals surface area contributed by atoms with Crippen LogP contribution in [0.4, 0.5) is 5.13 Å². The van der Waals surface area contributed by atoms with Crippen molar-refractivity contribution in [1.82, 2.24) is 25.3 Å². The lowest BCUT2D eigenvalue weighted by Crippen LogP contribution is -2.29. The van der Waals surface area contributed by atoms with Gasteiger partial charge in [0.05, 0.1) is 17.9 Å². The summed E-state index contributed by atoms with van der Waals surface area (Å²) < 4.78 is 1.79. The Morgan fingerprint density at radius 3 is 3.00 bits per heavy atom. The van der Waals surface area contributed by atoms with Gasteiger partial charge in [0.2, 0.25) is 0 Å². The molecule has 1 aliphatic heterocycles. The molecule has 20 heavy (non-hydrogen) atoms. The Hall–Kier alpha value is -1.80. The van der Waals surface area contributed by atoms with Gasteiger partial charge in [-0.3, -0.25) is 10.1 Å². The van der Waals surface area contributed by atoms with Crippen molar-refractivity contribution in [2.45, 2.75) is 25.8 Å². The molecule has 0 aromatic carbocycles. The molecule has 2 aromatic rings. The summed E-state index contributed by atoms with van der Waals surface area (Å²) in [7, 11) is 0. The number of carbonyl (C=O) groups excluding carboxylic acids is 1. The van der Waals surface area contributed by atoms with E-state index in [1.54, 1.807) is 10.9 Å². The average molecular weight is 292 g/mol. The van der Waals surface area contributed by atoms with E-state index in [0.29, 0.717) is 16.9 Å². The van der Waals surface area contributed by atoms with E-state index in [-0.39, 0.29) is 5.91 Å². The SMILES string of the molecule is Cc1csc(NC(=O)c2cn(C3CCNCC3)nn2)n1. The van der Waals surface area contributed by atoms with E-state index in [4.69, 9.17) is 0 Å². The van der Waals surface area contributed by atoms with Crippen LogP contribution in [0.3, 0.4) is 0 Å². The van der Waals surface area contributed by atoms with Crippen LogP contribution >= 0.6 is 11.3 Å². The summed E-state index contributed by atoms with van der Waals surface area (Å²) in [5, 5.41) is 16.5. The zero-order valence-electron chi connectivity index (χ0n) is 11.2. The van der Waals surface area contributed by atoms with Crippen LogP contribution in [0, 0.1) is 6.92 Å². The molecule has 1 aliphatic rings. The third-order valence-electron chi connectivity index (χ3n) is 3.27. The van der Waals surface area contributed by atoms with Crippen molar-refractivity contribution < 1.29 is 4.79 Å². The first-order valence-corrected chi connectivity index (χ1v) is 7.46. The summed E-state index contributed by atoms with van der Waals surface area (Å²) in [4.78, 5) is 16.2. The van der Waals surface area contributed by atoms with E-state index in [1.165, 1.54) is 11.3 Å². The number of nitrogens with one attached hydrogen (secondary N) is 2. The minimum atomic E-state index is -0.264. The Balaban J connectivity index is 1.67. The maximum atomic E-state index is 12.0. The third-order valence-corrected chi connectivity index (χ3v) is 4.14. The molecule has 7 nitrogen and oxygen atoms in total. The number of anilines is 1. The highest BCUT2D eigenvalue weighted by atomic mass is 32.1. The summed E-state index contributed by atoms with van der Waals surface area (Å²) >= 11 is 1.40. The van der Waals surface area contributed by atoms with Gasteiger partial charge >= 0.3 is 0 Å². The number of aromatic nitrogens is 4. The second kappa shape index (κ2) is 5.68. The number of thiazole rings is 1. The number of carbonyl (C=O) groups is 1. The number of rotatable bonds is 3. The number of aryl methyl sites for hydroxylation is 1.